The molecule has 2 aromatic rings. The van der Waals surface area contributed by atoms with E-state index in [1.165, 1.54) is 20.2 Å². The Morgan fingerprint density at radius 2 is 1.60 bits per heavy atom. The van der Waals surface area contributed by atoms with Gasteiger partial charge in [-0.25, -0.2) is 12.7 Å². The second-order valence-electron chi connectivity index (χ2n) is 7.77. The number of aryl methyl sites for hydroxylation is 2. The van der Waals surface area contributed by atoms with E-state index in [2.05, 4.69) is 10.6 Å². The molecule has 30 heavy (non-hydrogen) atoms. The molecule has 2 N–H and O–H groups in total. The van der Waals surface area contributed by atoms with Gasteiger partial charge in [0, 0.05) is 25.3 Å². The summed E-state index contributed by atoms with van der Waals surface area (Å²) in [7, 11) is -0.741. The van der Waals surface area contributed by atoms with E-state index in [1.807, 2.05) is 32.9 Å². The van der Waals surface area contributed by atoms with Gasteiger partial charge in [0.05, 0.1) is 4.90 Å². The maximum atomic E-state index is 12.9. The molecule has 2 aromatic carbocycles. The van der Waals surface area contributed by atoms with Crippen LogP contribution in [0.4, 0.5) is 5.69 Å². The number of benzene rings is 2. The van der Waals surface area contributed by atoms with Gasteiger partial charge < -0.3 is 10.6 Å². The van der Waals surface area contributed by atoms with Crippen molar-refractivity contribution >= 4 is 27.5 Å². The molecule has 0 aliphatic carbocycles. The Morgan fingerprint density at radius 3 is 2.17 bits per heavy atom. The molecule has 0 saturated carbocycles. The lowest BCUT2D eigenvalue weighted by molar-refractivity contribution is -0.118. The van der Waals surface area contributed by atoms with E-state index in [4.69, 9.17) is 0 Å². The molecule has 0 heterocycles. The minimum atomic E-state index is -3.65. The minimum Gasteiger partial charge on any atom is -0.340 e. The highest BCUT2D eigenvalue weighted by Gasteiger charge is 2.26. The number of carbonyl (C=O) groups excluding carboxylic acids is 2. The standard InChI is InChI=1S/C22H29N3O4S/c1-14(2)20(24-21(26)18-10-8-7-9-15(18)3)22(27)23-17-12-11-16(4)19(13-17)30(28,29)25(5)6/h7-14,20H,1-6H3,(H,23,27)(H,24,26)/t20-/m1/s1. The van der Waals surface area contributed by atoms with Crippen molar-refractivity contribution in [3.05, 3.63) is 59.2 Å². The molecule has 0 spiro atoms. The van der Waals surface area contributed by atoms with E-state index in [-0.39, 0.29) is 16.7 Å². The van der Waals surface area contributed by atoms with Gasteiger partial charge in [0.15, 0.2) is 0 Å². The van der Waals surface area contributed by atoms with E-state index in [9.17, 15) is 18.0 Å². The molecular formula is C22H29N3O4S. The number of nitrogens with zero attached hydrogens (tertiary/aromatic N) is 1. The van der Waals surface area contributed by atoms with E-state index < -0.39 is 22.0 Å². The Kier molecular flexibility index (Phi) is 7.39. The molecule has 7 nitrogen and oxygen atoms in total. The largest absolute Gasteiger partial charge is 0.340 e. The molecule has 0 aromatic heterocycles. The third-order valence-electron chi connectivity index (χ3n) is 4.84. The monoisotopic (exact) mass is 431 g/mol. The summed E-state index contributed by atoms with van der Waals surface area (Å²) in [6.45, 7) is 7.19. The van der Waals surface area contributed by atoms with Gasteiger partial charge in [-0.1, -0.05) is 38.1 Å². The second-order valence-corrected chi connectivity index (χ2v) is 9.89. The van der Waals surface area contributed by atoms with Crippen molar-refractivity contribution in [1.29, 1.82) is 0 Å². The molecular weight excluding hydrogens is 402 g/mol. The van der Waals surface area contributed by atoms with Gasteiger partial charge in [0.25, 0.3) is 5.91 Å². The maximum absolute atomic E-state index is 12.9. The number of anilines is 1. The predicted molar refractivity (Wildman–Crippen MR) is 118 cm³/mol. The number of hydrogen-bond donors (Lipinski definition) is 2. The fraction of sp³-hybridized carbons (Fsp3) is 0.364. The number of rotatable bonds is 7. The van der Waals surface area contributed by atoms with Crippen molar-refractivity contribution in [2.45, 2.75) is 38.6 Å². The summed E-state index contributed by atoms with van der Waals surface area (Å²) in [5, 5.41) is 5.53. The Labute approximate surface area is 178 Å². The molecule has 162 valence electrons. The van der Waals surface area contributed by atoms with Crippen LogP contribution in [0.25, 0.3) is 0 Å². The zero-order valence-electron chi connectivity index (χ0n) is 18.2. The van der Waals surface area contributed by atoms with Crippen LogP contribution in [0, 0.1) is 19.8 Å². The third kappa shape index (κ3) is 5.25. The summed E-state index contributed by atoms with van der Waals surface area (Å²) in [4.78, 5) is 25.7. The van der Waals surface area contributed by atoms with Crippen LogP contribution in [0.15, 0.2) is 47.4 Å². The first-order valence-electron chi connectivity index (χ1n) is 9.65. The summed E-state index contributed by atoms with van der Waals surface area (Å²) >= 11 is 0. The average molecular weight is 432 g/mol. The van der Waals surface area contributed by atoms with Crippen molar-refractivity contribution in [1.82, 2.24) is 9.62 Å². The number of carbonyl (C=O) groups is 2. The highest BCUT2D eigenvalue weighted by molar-refractivity contribution is 7.89. The third-order valence-corrected chi connectivity index (χ3v) is 6.80. The van der Waals surface area contributed by atoms with Crippen LogP contribution in [0.2, 0.25) is 0 Å². The van der Waals surface area contributed by atoms with Gasteiger partial charge >= 0.3 is 0 Å². The first-order valence-corrected chi connectivity index (χ1v) is 11.1. The van der Waals surface area contributed by atoms with Crippen LogP contribution >= 0.6 is 0 Å². The van der Waals surface area contributed by atoms with Gasteiger partial charge in [-0.3, -0.25) is 9.59 Å². The fourth-order valence-corrected chi connectivity index (χ4v) is 4.10. The van der Waals surface area contributed by atoms with Crippen LogP contribution in [-0.4, -0.2) is 44.7 Å². The van der Waals surface area contributed by atoms with Gasteiger partial charge in [-0.2, -0.15) is 0 Å². The summed E-state index contributed by atoms with van der Waals surface area (Å²) < 4.78 is 26.2. The van der Waals surface area contributed by atoms with Crippen LogP contribution < -0.4 is 10.6 Å². The zero-order valence-corrected chi connectivity index (χ0v) is 19.0. The van der Waals surface area contributed by atoms with E-state index in [1.54, 1.807) is 31.2 Å². The SMILES string of the molecule is Cc1ccccc1C(=O)N[C@@H](C(=O)Nc1ccc(C)c(S(=O)(=O)N(C)C)c1)C(C)C. The lowest BCUT2D eigenvalue weighted by atomic mass is 10.0. The Balaban J connectivity index is 2.26. The predicted octanol–water partition coefficient (Wildman–Crippen LogP) is 2.95. The number of amides is 2. The Bertz CT molecular complexity index is 1050. The molecule has 0 aliphatic rings. The first kappa shape index (κ1) is 23.6. The van der Waals surface area contributed by atoms with Crippen LogP contribution in [0.3, 0.4) is 0 Å². The van der Waals surface area contributed by atoms with Crippen LogP contribution in [0.5, 0.6) is 0 Å². The van der Waals surface area contributed by atoms with Crippen molar-refractivity contribution in [2.24, 2.45) is 5.92 Å². The summed E-state index contributed by atoms with van der Waals surface area (Å²) in [6, 6.07) is 11.1. The molecule has 0 unspecified atom stereocenters. The van der Waals surface area contributed by atoms with Crippen molar-refractivity contribution in [3.8, 4) is 0 Å². The molecule has 0 aliphatic heterocycles. The van der Waals surface area contributed by atoms with Crippen molar-refractivity contribution in [2.75, 3.05) is 19.4 Å². The molecule has 0 saturated heterocycles. The number of hydrogen-bond acceptors (Lipinski definition) is 4. The lowest BCUT2D eigenvalue weighted by Crippen LogP contribution is -2.47. The summed E-state index contributed by atoms with van der Waals surface area (Å²) in [5.41, 5.74) is 2.25. The van der Waals surface area contributed by atoms with Gasteiger partial charge in [0.2, 0.25) is 15.9 Å². The van der Waals surface area contributed by atoms with Crippen molar-refractivity contribution in [3.63, 3.8) is 0 Å². The number of sulfonamides is 1. The van der Waals surface area contributed by atoms with E-state index in [0.717, 1.165) is 9.87 Å². The lowest BCUT2D eigenvalue weighted by Gasteiger charge is -2.22. The molecule has 0 bridgehead atoms. The highest BCUT2D eigenvalue weighted by Crippen LogP contribution is 2.23. The average Bonchev–Trinajstić information content (AvgIpc) is 2.67. The summed E-state index contributed by atoms with van der Waals surface area (Å²) in [6.07, 6.45) is 0. The maximum Gasteiger partial charge on any atom is 0.252 e. The van der Waals surface area contributed by atoms with Crippen LogP contribution in [-0.2, 0) is 14.8 Å². The quantitative estimate of drug-likeness (QED) is 0.705. The molecule has 0 radical (unpaired) electrons. The molecule has 2 rings (SSSR count). The Hall–Kier alpha value is -2.71. The van der Waals surface area contributed by atoms with Crippen LogP contribution in [0.1, 0.15) is 35.3 Å². The first-order chi connectivity index (χ1) is 13.9. The fourth-order valence-electron chi connectivity index (χ4n) is 2.95. The molecule has 2 amide bonds. The van der Waals surface area contributed by atoms with Gasteiger partial charge in [-0.15, -0.1) is 0 Å². The topological polar surface area (TPSA) is 95.6 Å². The number of nitrogens with one attached hydrogen (secondary N) is 2. The highest BCUT2D eigenvalue weighted by atomic mass is 32.2. The van der Waals surface area contributed by atoms with Gasteiger partial charge in [0.1, 0.15) is 6.04 Å². The van der Waals surface area contributed by atoms with Crippen molar-refractivity contribution < 1.29 is 18.0 Å². The normalized spacial score (nSPS) is 12.7. The Morgan fingerprint density at radius 1 is 0.967 bits per heavy atom. The second kappa shape index (κ2) is 9.40. The van der Waals surface area contributed by atoms with E-state index in [0.29, 0.717) is 16.8 Å². The summed E-state index contributed by atoms with van der Waals surface area (Å²) in [5.74, 6) is -0.917. The smallest absolute Gasteiger partial charge is 0.252 e. The molecule has 1 atom stereocenters. The van der Waals surface area contributed by atoms with Gasteiger partial charge in [-0.05, 0) is 49.1 Å². The molecule has 0 fully saturated rings. The zero-order chi connectivity index (χ0) is 22.6. The molecule has 8 heteroatoms. The van der Waals surface area contributed by atoms with E-state index >= 15 is 0 Å². The minimum absolute atomic E-state index is 0.121.